The molecule has 2 fully saturated rings. The Kier molecular flexibility index (Phi) is 5.24. The van der Waals surface area contributed by atoms with E-state index >= 15 is 0 Å². The van der Waals surface area contributed by atoms with Gasteiger partial charge in [0.1, 0.15) is 12.6 Å². The van der Waals surface area contributed by atoms with Gasteiger partial charge in [-0.3, -0.25) is 19.4 Å². The summed E-state index contributed by atoms with van der Waals surface area (Å²) in [5.41, 5.74) is 0.567. The first-order valence-corrected chi connectivity index (χ1v) is 8.63. The van der Waals surface area contributed by atoms with Crippen LogP contribution < -0.4 is 10.2 Å². The number of benzene rings is 1. The highest BCUT2D eigenvalue weighted by atomic mass is 35.5. The Balaban J connectivity index is 1.63. The fourth-order valence-electron chi connectivity index (χ4n) is 3.04. The third-order valence-electron chi connectivity index (χ3n) is 4.41. The molecule has 8 heteroatoms. The van der Waals surface area contributed by atoms with E-state index in [2.05, 4.69) is 5.32 Å². The van der Waals surface area contributed by atoms with Crippen molar-refractivity contribution in [3.8, 4) is 0 Å². The number of nitrogens with zero attached hydrogens (tertiary/aromatic N) is 2. The average Bonchev–Trinajstić information content (AvgIpc) is 3.18. The van der Waals surface area contributed by atoms with E-state index in [9.17, 15) is 14.4 Å². The molecule has 1 aromatic rings. The van der Waals surface area contributed by atoms with Crippen molar-refractivity contribution in [1.29, 1.82) is 0 Å². The first-order valence-electron chi connectivity index (χ1n) is 8.26. The standard InChI is InChI=1S/C17H20ClN3O4/c1-11-16(23)20(10-15(22)19-9-14-3-2-8-25-14)17(24)21(11)13-6-4-12(18)5-7-13/h4-7,11,14H,2-3,8-10H2,1H3,(H,19,22)/t11-,14-/m1/s1. The molecule has 2 aliphatic heterocycles. The summed E-state index contributed by atoms with van der Waals surface area (Å²) < 4.78 is 5.44. The van der Waals surface area contributed by atoms with Crippen molar-refractivity contribution < 1.29 is 19.1 Å². The Bertz CT molecular complexity index is 673. The minimum absolute atomic E-state index is 0.0124. The molecule has 2 aliphatic rings. The van der Waals surface area contributed by atoms with E-state index in [1.807, 2.05) is 0 Å². The SMILES string of the molecule is C[C@@H]1C(=O)N(CC(=O)NC[C@H]2CCCO2)C(=O)N1c1ccc(Cl)cc1. The van der Waals surface area contributed by atoms with Gasteiger partial charge in [0, 0.05) is 23.9 Å². The van der Waals surface area contributed by atoms with Gasteiger partial charge in [0.25, 0.3) is 5.91 Å². The predicted molar refractivity (Wildman–Crippen MR) is 92.5 cm³/mol. The van der Waals surface area contributed by atoms with Crippen LogP contribution in [0, 0.1) is 0 Å². The highest BCUT2D eigenvalue weighted by molar-refractivity contribution is 6.30. The summed E-state index contributed by atoms with van der Waals surface area (Å²) in [6.07, 6.45) is 1.90. The maximum atomic E-state index is 12.6. The van der Waals surface area contributed by atoms with Crippen LogP contribution in [0.1, 0.15) is 19.8 Å². The zero-order valence-corrected chi connectivity index (χ0v) is 14.7. The number of rotatable bonds is 5. The van der Waals surface area contributed by atoms with Gasteiger partial charge >= 0.3 is 6.03 Å². The molecule has 0 radical (unpaired) electrons. The molecule has 2 atom stereocenters. The number of amides is 4. The summed E-state index contributed by atoms with van der Waals surface area (Å²) in [6.45, 7) is 2.45. The summed E-state index contributed by atoms with van der Waals surface area (Å²) in [5.74, 6) is -0.769. The maximum absolute atomic E-state index is 12.6. The molecule has 7 nitrogen and oxygen atoms in total. The molecule has 134 valence electrons. The molecule has 0 aliphatic carbocycles. The lowest BCUT2D eigenvalue weighted by atomic mass is 10.2. The molecule has 2 heterocycles. The van der Waals surface area contributed by atoms with Gasteiger partial charge in [0.2, 0.25) is 5.91 Å². The van der Waals surface area contributed by atoms with Crippen molar-refractivity contribution >= 4 is 35.1 Å². The van der Waals surface area contributed by atoms with Crippen LogP contribution in [0.5, 0.6) is 0 Å². The van der Waals surface area contributed by atoms with Gasteiger partial charge in [0.05, 0.1) is 6.10 Å². The van der Waals surface area contributed by atoms with E-state index in [4.69, 9.17) is 16.3 Å². The predicted octanol–water partition coefficient (Wildman–Crippen LogP) is 1.79. The van der Waals surface area contributed by atoms with Crippen LogP contribution in [0.2, 0.25) is 5.02 Å². The highest BCUT2D eigenvalue weighted by Crippen LogP contribution is 2.26. The molecule has 25 heavy (non-hydrogen) atoms. The molecule has 2 saturated heterocycles. The zero-order chi connectivity index (χ0) is 18.0. The molecular formula is C17H20ClN3O4. The van der Waals surface area contributed by atoms with E-state index in [1.54, 1.807) is 31.2 Å². The molecule has 0 unspecified atom stereocenters. The summed E-state index contributed by atoms with van der Waals surface area (Å²) in [5, 5.41) is 3.26. The fraction of sp³-hybridized carbons (Fsp3) is 0.471. The first kappa shape index (κ1) is 17.7. The molecule has 0 aromatic heterocycles. The number of hydrogen-bond donors (Lipinski definition) is 1. The zero-order valence-electron chi connectivity index (χ0n) is 13.9. The van der Waals surface area contributed by atoms with E-state index in [0.29, 0.717) is 23.9 Å². The van der Waals surface area contributed by atoms with Gasteiger partial charge in [-0.2, -0.15) is 0 Å². The second kappa shape index (κ2) is 7.41. The van der Waals surface area contributed by atoms with Gasteiger partial charge < -0.3 is 10.1 Å². The van der Waals surface area contributed by atoms with Gasteiger partial charge in [-0.05, 0) is 44.0 Å². The number of carbonyl (C=O) groups excluding carboxylic acids is 3. The van der Waals surface area contributed by atoms with E-state index in [-0.39, 0.29) is 18.6 Å². The summed E-state index contributed by atoms with van der Waals surface area (Å²) in [6, 6.07) is 5.47. The lowest BCUT2D eigenvalue weighted by molar-refractivity contribution is -0.132. The van der Waals surface area contributed by atoms with Crippen molar-refractivity contribution in [3.63, 3.8) is 0 Å². The van der Waals surface area contributed by atoms with Crippen molar-refractivity contribution in [2.24, 2.45) is 0 Å². The highest BCUT2D eigenvalue weighted by Gasteiger charge is 2.44. The summed E-state index contributed by atoms with van der Waals surface area (Å²) >= 11 is 5.86. The largest absolute Gasteiger partial charge is 0.376 e. The molecule has 0 saturated carbocycles. The normalized spacial score (nSPS) is 23.4. The molecule has 0 bridgehead atoms. The fourth-order valence-corrected chi connectivity index (χ4v) is 3.17. The van der Waals surface area contributed by atoms with Gasteiger partial charge in [0.15, 0.2) is 0 Å². The van der Waals surface area contributed by atoms with Gasteiger partial charge in [-0.1, -0.05) is 11.6 Å². The number of urea groups is 1. The Morgan fingerprint density at radius 3 is 2.68 bits per heavy atom. The van der Waals surface area contributed by atoms with Crippen molar-refractivity contribution in [3.05, 3.63) is 29.3 Å². The number of hydrogen-bond acceptors (Lipinski definition) is 4. The Labute approximate surface area is 150 Å². The van der Waals surface area contributed by atoms with Crippen LogP contribution in [-0.4, -0.2) is 54.6 Å². The van der Waals surface area contributed by atoms with Crippen LogP contribution in [0.4, 0.5) is 10.5 Å². The van der Waals surface area contributed by atoms with E-state index < -0.39 is 18.0 Å². The molecule has 3 rings (SSSR count). The average molecular weight is 366 g/mol. The van der Waals surface area contributed by atoms with Crippen LogP contribution in [0.25, 0.3) is 0 Å². The van der Waals surface area contributed by atoms with Crippen LogP contribution in [-0.2, 0) is 14.3 Å². The molecule has 1 N–H and O–H groups in total. The second-order valence-electron chi connectivity index (χ2n) is 6.17. The Hall–Kier alpha value is -2.12. The van der Waals surface area contributed by atoms with Gasteiger partial charge in [-0.25, -0.2) is 4.79 Å². The number of ether oxygens (including phenoxy) is 1. The second-order valence-corrected chi connectivity index (χ2v) is 6.60. The van der Waals surface area contributed by atoms with Crippen molar-refractivity contribution in [2.45, 2.75) is 31.9 Å². The third kappa shape index (κ3) is 3.77. The van der Waals surface area contributed by atoms with Crippen LogP contribution >= 0.6 is 11.6 Å². The number of anilines is 1. The smallest absolute Gasteiger partial charge is 0.332 e. The molecule has 1 aromatic carbocycles. The van der Waals surface area contributed by atoms with Crippen molar-refractivity contribution in [2.75, 3.05) is 24.6 Å². The molecule has 4 amide bonds. The first-order chi connectivity index (χ1) is 12.0. The minimum Gasteiger partial charge on any atom is -0.376 e. The lowest BCUT2D eigenvalue weighted by Gasteiger charge is -2.19. The number of carbonyl (C=O) groups is 3. The third-order valence-corrected chi connectivity index (χ3v) is 4.66. The topological polar surface area (TPSA) is 79.0 Å². The molecule has 0 spiro atoms. The Morgan fingerprint density at radius 1 is 1.32 bits per heavy atom. The number of imide groups is 1. The minimum atomic E-state index is -0.667. The molecular weight excluding hydrogens is 346 g/mol. The van der Waals surface area contributed by atoms with Gasteiger partial charge in [-0.15, -0.1) is 0 Å². The monoisotopic (exact) mass is 365 g/mol. The van der Waals surface area contributed by atoms with Crippen LogP contribution in [0.3, 0.4) is 0 Å². The quantitative estimate of drug-likeness (QED) is 0.807. The maximum Gasteiger partial charge on any atom is 0.332 e. The number of nitrogens with one attached hydrogen (secondary N) is 1. The lowest BCUT2D eigenvalue weighted by Crippen LogP contribution is -2.43. The summed E-state index contributed by atoms with van der Waals surface area (Å²) in [4.78, 5) is 39.4. The van der Waals surface area contributed by atoms with E-state index in [0.717, 1.165) is 17.7 Å². The number of halogens is 1. The van der Waals surface area contributed by atoms with E-state index in [1.165, 1.54) is 4.90 Å². The Morgan fingerprint density at radius 2 is 2.04 bits per heavy atom. The van der Waals surface area contributed by atoms with Crippen LogP contribution in [0.15, 0.2) is 24.3 Å². The summed E-state index contributed by atoms with van der Waals surface area (Å²) in [7, 11) is 0. The van der Waals surface area contributed by atoms with Crippen molar-refractivity contribution in [1.82, 2.24) is 10.2 Å².